The number of rotatable bonds is 6. The molecule has 1 heterocycles. The van der Waals surface area contributed by atoms with Gasteiger partial charge in [0.15, 0.2) is 0 Å². The van der Waals surface area contributed by atoms with E-state index in [9.17, 15) is 4.79 Å². The molecule has 1 N–H and O–H groups in total. The van der Waals surface area contributed by atoms with Crippen molar-refractivity contribution in [3.8, 4) is 0 Å². The smallest absolute Gasteiger partial charge is 0.307 e. The van der Waals surface area contributed by atoms with Crippen LogP contribution in [0.3, 0.4) is 0 Å². The van der Waals surface area contributed by atoms with E-state index in [1.807, 2.05) is 18.2 Å². The van der Waals surface area contributed by atoms with E-state index in [4.69, 9.17) is 9.94 Å². The molecule has 5 nitrogen and oxygen atoms in total. The fourth-order valence-electron chi connectivity index (χ4n) is 3.68. The van der Waals surface area contributed by atoms with Crippen molar-refractivity contribution < 1.29 is 14.7 Å². The van der Waals surface area contributed by atoms with E-state index in [2.05, 4.69) is 28.3 Å². The van der Waals surface area contributed by atoms with Gasteiger partial charge in [-0.25, -0.2) is 0 Å². The summed E-state index contributed by atoms with van der Waals surface area (Å²) in [6.45, 7) is 2.81. The molecule has 0 radical (unpaired) electrons. The summed E-state index contributed by atoms with van der Waals surface area (Å²) in [4.78, 5) is 18.9. The molecule has 0 bridgehead atoms. The quantitative estimate of drug-likeness (QED) is 0.622. The molecule has 1 unspecified atom stereocenters. The Balaban J connectivity index is 1.52. The van der Waals surface area contributed by atoms with Crippen molar-refractivity contribution in [3.63, 3.8) is 0 Å². The van der Waals surface area contributed by atoms with Crippen molar-refractivity contribution in [1.82, 2.24) is 4.90 Å². The molecule has 1 aliphatic carbocycles. The second-order valence-electron chi connectivity index (χ2n) is 7.14. The van der Waals surface area contributed by atoms with Gasteiger partial charge in [0, 0.05) is 13.1 Å². The van der Waals surface area contributed by atoms with Crippen molar-refractivity contribution in [2.45, 2.75) is 38.5 Å². The number of carboxylic acids is 1. The molecule has 2 fully saturated rings. The minimum absolute atomic E-state index is 0.242. The van der Waals surface area contributed by atoms with Crippen molar-refractivity contribution >= 4 is 17.8 Å². The average molecular weight is 356 g/mol. The molecule has 1 aliphatic heterocycles. The molecule has 5 heteroatoms. The van der Waals surface area contributed by atoms with E-state index in [-0.39, 0.29) is 5.92 Å². The molecule has 1 aromatic carbocycles. The number of hydrogen-bond acceptors (Lipinski definition) is 4. The first-order valence-corrected chi connectivity index (χ1v) is 9.62. The van der Waals surface area contributed by atoms with Gasteiger partial charge in [0.05, 0.1) is 11.6 Å². The van der Waals surface area contributed by atoms with Gasteiger partial charge < -0.3 is 9.94 Å². The zero-order chi connectivity index (χ0) is 18.2. The average Bonchev–Trinajstić information content (AvgIpc) is 2.67. The number of hydrogen-bond donors (Lipinski definition) is 1. The van der Waals surface area contributed by atoms with E-state index in [0.717, 1.165) is 50.9 Å². The first-order chi connectivity index (χ1) is 12.7. The fourth-order valence-corrected chi connectivity index (χ4v) is 3.68. The number of benzene rings is 1. The monoisotopic (exact) mass is 356 g/mol. The van der Waals surface area contributed by atoms with Gasteiger partial charge in [0.2, 0.25) is 0 Å². The molecule has 2 aliphatic rings. The Labute approximate surface area is 155 Å². The molecule has 26 heavy (non-hydrogen) atoms. The Bertz CT molecular complexity index is 654. The van der Waals surface area contributed by atoms with E-state index < -0.39 is 5.97 Å². The maximum atomic E-state index is 11.1. The van der Waals surface area contributed by atoms with Crippen LogP contribution in [0.15, 0.2) is 41.1 Å². The van der Waals surface area contributed by atoms with Crippen molar-refractivity contribution in [3.05, 3.63) is 41.5 Å². The summed E-state index contributed by atoms with van der Waals surface area (Å²) in [7, 11) is 0. The van der Waals surface area contributed by atoms with Crippen LogP contribution in [0.25, 0.3) is 6.08 Å². The van der Waals surface area contributed by atoms with E-state index in [0.29, 0.717) is 13.2 Å². The lowest BCUT2D eigenvalue weighted by molar-refractivity contribution is -0.143. The highest BCUT2D eigenvalue weighted by Gasteiger charge is 2.25. The third-order valence-corrected chi connectivity index (χ3v) is 5.15. The second-order valence-corrected chi connectivity index (χ2v) is 7.14. The first-order valence-electron chi connectivity index (χ1n) is 9.62. The zero-order valence-electron chi connectivity index (χ0n) is 15.3. The number of carboxylic acid groups (broad SMARTS) is 1. The predicted octanol–water partition coefficient (Wildman–Crippen LogP) is 3.81. The van der Waals surface area contributed by atoms with Crippen molar-refractivity contribution in [2.75, 3.05) is 26.2 Å². The van der Waals surface area contributed by atoms with Gasteiger partial charge >= 0.3 is 5.97 Å². The predicted molar refractivity (Wildman–Crippen MR) is 103 cm³/mol. The zero-order valence-corrected chi connectivity index (χ0v) is 15.3. The Morgan fingerprint density at radius 1 is 1.23 bits per heavy atom. The number of nitrogens with zero attached hydrogens (tertiary/aromatic N) is 2. The maximum Gasteiger partial charge on any atom is 0.307 e. The lowest BCUT2D eigenvalue weighted by Crippen LogP contribution is -2.40. The third kappa shape index (κ3) is 5.43. The van der Waals surface area contributed by atoms with Crippen LogP contribution in [0.2, 0.25) is 0 Å². The Morgan fingerprint density at radius 2 is 2.04 bits per heavy atom. The first kappa shape index (κ1) is 18.6. The van der Waals surface area contributed by atoms with Crippen LogP contribution >= 0.6 is 0 Å². The summed E-state index contributed by atoms with van der Waals surface area (Å²) in [6, 6.07) is 10.3. The molecule has 1 aromatic rings. The fraction of sp³-hybridized carbons (Fsp3) is 0.524. The third-order valence-electron chi connectivity index (χ3n) is 5.15. The number of carbonyl (C=O) groups is 1. The van der Waals surface area contributed by atoms with Crippen LogP contribution in [-0.2, 0) is 9.63 Å². The van der Waals surface area contributed by atoms with E-state index >= 15 is 0 Å². The number of oxime groups is 1. The highest BCUT2D eigenvalue weighted by atomic mass is 16.6. The van der Waals surface area contributed by atoms with Gasteiger partial charge in [0.1, 0.15) is 6.61 Å². The Morgan fingerprint density at radius 3 is 2.85 bits per heavy atom. The molecular formula is C21H28N2O3. The van der Waals surface area contributed by atoms with Crippen LogP contribution < -0.4 is 0 Å². The molecule has 3 rings (SSSR count). The summed E-state index contributed by atoms with van der Waals surface area (Å²) < 4.78 is 0. The van der Waals surface area contributed by atoms with Crippen molar-refractivity contribution in [1.29, 1.82) is 0 Å². The summed E-state index contributed by atoms with van der Waals surface area (Å²) in [5.74, 6) is -0.928. The molecule has 0 spiro atoms. The highest BCUT2D eigenvalue weighted by molar-refractivity contribution is 6.03. The van der Waals surface area contributed by atoms with E-state index in [1.165, 1.54) is 17.6 Å². The van der Waals surface area contributed by atoms with Crippen LogP contribution in [-0.4, -0.2) is 47.9 Å². The second kappa shape index (κ2) is 9.53. The van der Waals surface area contributed by atoms with E-state index in [1.54, 1.807) is 0 Å². The number of likely N-dealkylation sites (tertiary alicyclic amines) is 1. The van der Waals surface area contributed by atoms with Crippen LogP contribution in [0.1, 0.15) is 44.1 Å². The molecule has 140 valence electrons. The Kier molecular flexibility index (Phi) is 6.83. The standard InChI is InChI=1S/C21H28N2O3/c24-21(25)19-10-6-12-23(16-19)13-14-26-22-20-11-5-4-9-18(20)15-17-7-2-1-3-8-17/h1-3,7-8,15,19H,4-6,9-14,16H2,(H,24,25). The summed E-state index contributed by atoms with van der Waals surface area (Å²) in [6.07, 6.45) is 8.29. The number of allylic oxidation sites excluding steroid dienone is 1. The SMILES string of the molecule is O=C(O)C1CCCN(CCON=C2CCCCC2=Cc2ccccc2)C1. The maximum absolute atomic E-state index is 11.1. The molecule has 0 aromatic heterocycles. The topological polar surface area (TPSA) is 62.1 Å². The largest absolute Gasteiger partial charge is 0.481 e. The summed E-state index contributed by atoms with van der Waals surface area (Å²) in [5, 5.41) is 13.6. The normalized spacial score (nSPS) is 24.7. The molecular weight excluding hydrogens is 328 g/mol. The number of piperidine rings is 1. The van der Waals surface area contributed by atoms with Gasteiger partial charge in [-0.05, 0) is 62.3 Å². The van der Waals surface area contributed by atoms with Crippen LogP contribution in [0.4, 0.5) is 0 Å². The molecule has 1 saturated heterocycles. The van der Waals surface area contributed by atoms with Gasteiger partial charge in [-0.15, -0.1) is 0 Å². The van der Waals surface area contributed by atoms with Crippen molar-refractivity contribution in [2.24, 2.45) is 11.1 Å². The van der Waals surface area contributed by atoms with Gasteiger partial charge in [0.25, 0.3) is 0 Å². The van der Waals surface area contributed by atoms with Gasteiger partial charge in [-0.2, -0.15) is 0 Å². The molecule has 1 saturated carbocycles. The van der Waals surface area contributed by atoms with Gasteiger partial charge in [-0.3, -0.25) is 9.69 Å². The summed E-state index contributed by atoms with van der Waals surface area (Å²) >= 11 is 0. The summed E-state index contributed by atoms with van der Waals surface area (Å²) in [5.41, 5.74) is 3.53. The minimum Gasteiger partial charge on any atom is -0.481 e. The highest BCUT2D eigenvalue weighted by Crippen LogP contribution is 2.23. The molecule has 1 atom stereocenters. The van der Waals surface area contributed by atoms with Crippen LogP contribution in [0.5, 0.6) is 0 Å². The number of aliphatic carboxylic acids is 1. The lowest BCUT2D eigenvalue weighted by atomic mass is 9.91. The minimum atomic E-state index is -0.686. The molecule has 0 amide bonds. The lowest BCUT2D eigenvalue weighted by Gasteiger charge is -2.30. The van der Waals surface area contributed by atoms with Gasteiger partial charge in [-0.1, -0.05) is 35.5 Å². The van der Waals surface area contributed by atoms with Crippen LogP contribution in [0, 0.1) is 5.92 Å². The Hall–Kier alpha value is -2.14.